The summed E-state index contributed by atoms with van der Waals surface area (Å²) in [5.74, 6) is 1.17. The second kappa shape index (κ2) is 7.46. The minimum atomic E-state index is -0.0455. The smallest absolute Gasteiger partial charge is 0.221 e. The van der Waals surface area contributed by atoms with E-state index in [-0.39, 0.29) is 5.91 Å². The maximum absolute atomic E-state index is 11.1. The highest BCUT2D eigenvalue weighted by Gasteiger charge is 2.26. The lowest BCUT2D eigenvalue weighted by Crippen LogP contribution is -2.38. The molecule has 21 heavy (non-hydrogen) atoms. The lowest BCUT2D eigenvalue weighted by Gasteiger charge is -2.34. The third kappa shape index (κ3) is 5.05. The molecular formula is C17H26N2O2. The lowest BCUT2D eigenvalue weighted by atomic mass is 9.88. The Morgan fingerprint density at radius 2 is 2.14 bits per heavy atom. The Bertz CT molecular complexity index is 474. The van der Waals surface area contributed by atoms with E-state index in [9.17, 15) is 4.79 Å². The zero-order chi connectivity index (χ0) is 15.2. The van der Waals surface area contributed by atoms with Crippen molar-refractivity contribution in [2.75, 3.05) is 23.8 Å². The molecule has 0 aliphatic carbocycles. The molecule has 4 heteroatoms. The van der Waals surface area contributed by atoms with Crippen molar-refractivity contribution in [3.05, 3.63) is 24.3 Å². The molecule has 0 spiro atoms. The van der Waals surface area contributed by atoms with Gasteiger partial charge in [0.2, 0.25) is 5.91 Å². The highest BCUT2D eigenvalue weighted by Crippen LogP contribution is 2.26. The summed E-state index contributed by atoms with van der Waals surface area (Å²) in [6, 6.07) is 8.34. The van der Waals surface area contributed by atoms with E-state index in [1.165, 1.54) is 13.3 Å². The van der Waals surface area contributed by atoms with Gasteiger partial charge in [0, 0.05) is 36.9 Å². The zero-order valence-corrected chi connectivity index (χ0v) is 13.2. The molecule has 1 fully saturated rings. The molecule has 1 saturated heterocycles. The molecule has 2 unspecified atom stereocenters. The number of nitrogens with one attached hydrogen (secondary N) is 2. The Balaban J connectivity index is 2.02. The van der Waals surface area contributed by atoms with Gasteiger partial charge in [-0.1, -0.05) is 19.9 Å². The van der Waals surface area contributed by atoms with Crippen molar-refractivity contribution in [3.63, 3.8) is 0 Å². The summed E-state index contributed by atoms with van der Waals surface area (Å²) in [4.78, 5) is 11.1. The first-order chi connectivity index (χ1) is 10.0. The van der Waals surface area contributed by atoms with Crippen LogP contribution in [0.1, 0.15) is 33.6 Å². The SMILES string of the molecule is CC(=O)Nc1cccc(NC2CCOCC2CC(C)C)c1. The van der Waals surface area contributed by atoms with Gasteiger partial charge in [-0.2, -0.15) is 0 Å². The molecule has 4 nitrogen and oxygen atoms in total. The molecule has 1 aromatic rings. The fourth-order valence-electron chi connectivity index (χ4n) is 2.93. The van der Waals surface area contributed by atoms with Crippen LogP contribution in [0.4, 0.5) is 11.4 Å². The quantitative estimate of drug-likeness (QED) is 0.872. The topological polar surface area (TPSA) is 50.4 Å². The van der Waals surface area contributed by atoms with Gasteiger partial charge in [-0.25, -0.2) is 0 Å². The Labute approximate surface area is 127 Å². The van der Waals surface area contributed by atoms with E-state index in [0.29, 0.717) is 17.9 Å². The summed E-state index contributed by atoms with van der Waals surface area (Å²) >= 11 is 0. The van der Waals surface area contributed by atoms with Gasteiger partial charge >= 0.3 is 0 Å². The van der Waals surface area contributed by atoms with Crippen molar-refractivity contribution in [1.82, 2.24) is 0 Å². The standard InChI is InChI=1S/C17H26N2O2/c1-12(2)9-14-11-21-8-7-17(14)19-16-6-4-5-15(10-16)18-13(3)20/h4-6,10,12,14,17,19H,7-9,11H2,1-3H3,(H,18,20). The van der Waals surface area contributed by atoms with E-state index in [4.69, 9.17) is 4.74 Å². The summed E-state index contributed by atoms with van der Waals surface area (Å²) in [6.45, 7) is 7.68. The molecule has 1 amide bonds. The first kappa shape index (κ1) is 15.8. The lowest BCUT2D eigenvalue weighted by molar-refractivity contribution is -0.114. The Morgan fingerprint density at radius 3 is 2.86 bits per heavy atom. The van der Waals surface area contributed by atoms with Gasteiger partial charge in [0.1, 0.15) is 0 Å². The number of rotatable bonds is 5. The number of hydrogen-bond donors (Lipinski definition) is 2. The second-order valence-electron chi connectivity index (χ2n) is 6.27. The predicted molar refractivity (Wildman–Crippen MR) is 86.5 cm³/mol. The average Bonchev–Trinajstić information content (AvgIpc) is 2.40. The van der Waals surface area contributed by atoms with E-state index in [1.807, 2.05) is 24.3 Å². The molecule has 1 aliphatic rings. The largest absolute Gasteiger partial charge is 0.382 e. The van der Waals surface area contributed by atoms with Gasteiger partial charge < -0.3 is 15.4 Å². The molecule has 116 valence electrons. The number of carbonyl (C=O) groups excluding carboxylic acids is 1. The van der Waals surface area contributed by atoms with Crippen LogP contribution in [0.25, 0.3) is 0 Å². The predicted octanol–water partition coefficient (Wildman–Crippen LogP) is 3.51. The van der Waals surface area contributed by atoms with Crippen LogP contribution in [0.2, 0.25) is 0 Å². The van der Waals surface area contributed by atoms with Crippen molar-refractivity contribution < 1.29 is 9.53 Å². The van der Waals surface area contributed by atoms with E-state index < -0.39 is 0 Å². The monoisotopic (exact) mass is 290 g/mol. The van der Waals surface area contributed by atoms with Crippen LogP contribution in [0.5, 0.6) is 0 Å². The number of carbonyl (C=O) groups is 1. The normalized spacial score (nSPS) is 22.1. The van der Waals surface area contributed by atoms with E-state index in [1.54, 1.807) is 0 Å². The molecule has 0 radical (unpaired) electrons. The van der Waals surface area contributed by atoms with E-state index in [2.05, 4.69) is 24.5 Å². The number of amides is 1. The van der Waals surface area contributed by atoms with Gasteiger partial charge in [0.05, 0.1) is 6.61 Å². The molecule has 0 saturated carbocycles. The van der Waals surface area contributed by atoms with Gasteiger partial charge in [0.25, 0.3) is 0 Å². The first-order valence-electron chi connectivity index (χ1n) is 7.76. The highest BCUT2D eigenvalue weighted by molar-refractivity contribution is 5.89. The highest BCUT2D eigenvalue weighted by atomic mass is 16.5. The molecule has 2 rings (SSSR count). The molecule has 1 aliphatic heterocycles. The summed E-state index contributed by atoms with van der Waals surface area (Å²) in [5.41, 5.74) is 1.89. The van der Waals surface area contributed by atoms with Crippen LogP contribution >= 0.6 is 0 Å². The van der Waals surface area contributed by atoms with Gasteiger partial charge in [-0.05, 0) is 37.0 Å². The molecular weight excluding hydrogens is 264 g/mol. The van der Waals surface area contributed by atoms with Crippen LogP contribution in [-0.4, -0.2) is 25.2 Å². The minimum Gasteiger partial charge on any atom is -0.382 e. The first-order valence-corrected chi connectivity index (χ1v) is 7.76. The molecule has 1 aromatic carbocycles. The third-order valence-electron chi connectivity index (χ3n) is 3.78. The van der Waals surface area contributed by atoms with Gasteiger partial charge in [-0.3, -0.25) is 4.79 Å². The summed E-state index contributed by atoms with van der Waals surface area (Å²) in [7, 11) is 0. The van der Waals surface area contributed by atoms with Crippen molar-refractivity contribution in [2.24, 2.45) is 11.8 Å². The summed E-state index contributed by atoms with van der Waals surface area (Å²) < 4.78 is 5.63. The molecule has 2 N–H and O–H groups in total. The van der Waals surface area contributed by atoms with Crippen LogP contribution in [0, 0.1) is 11.8 Å². The number of ether oxygens (including phenoxy) is 1. The number of anilines is 2. The second-order valence-corrected chi connectivity index (χ2v) is 6.27. The minimum absolute atomic E-state index is 0.0455. The van der Waals surface area contributed by atoms with Gasteiger partial charge in [-0.15, -0.1) is 0 Å². The maximum Gasteiger partial charge on any atom is 0.221 e. The number of benzene rings is 1. The molecule has 0 bridgehead atoms. The van der Waals surface area contributed by atoms with Crippen LogP contribution in [0.3, 0.4) is 0 Å². The van der Waals surface area contributed by atoms with E-state index >= 15 is 0 Å². The molecule has 2 atom stereocenters. The van der Waals surface area contributed by atoms with E-state index in [0.717, 1.165) is 31.0 Å². The molecule has 0 aromatic heterocycles. The van der Waals surface area contributed by atoms with Crippen LogP contribution < -0.4 is 10.6 Å². The van der Waals surface area contributed by atoms with Crippen molar-refractivity contribution in [2.45, 2.75) is 39.7 Å². The van der Waals surface area contributed by atoms with Gasteiger partial charge in [0.15, 0.2) is 0 Å². The van der Waals surface area contributed by atoms with Crippen molar-refractivity contribution in [1.29, 1.82) is 0 Å². The Morgan fingerprint density at radius 1 is 1.38 bits per heavy atom. The maximum atomic E-state index is 11.1. The summed E-state index contributed by atoms with van der Waals surface area (Å²) in [6.07, 6.45) is 2.20. The number of hydrogen-bond acceptors (Lipinski definition) is 3. The van der Waals surface area contributed by atoms with Crippen molar-refractivity contribution in [3.8, 4) is 0 Å². The molecule has 1 heterocycles. The Hall–Kier alpha value is -1.55. The van der Waals surface area contributed by atoms with Crippen LogP contribution in [0.15, 0.2) is 24.3 Å². The average molecular weight is 290 g/mol. The van der Waals surface area contributed by atoms with Crippen LogP contribution in [-0.2, 0) is 9.53 Å². The zero-order valence-electron chi connectivity index (χ0n) is 13.2. The Kier molecular flexibility index (Phi) is 5.62. The van der Waals surface area contributed by atoms with Crippen molar-refractivity contribution >= 4 is 17.3 Å². The fraction of sp³-hybridized carbons (Fsp3) is 0.588. The summed E-state index contributed by atoms with van der Waals surface area (Å²) in [5, 5.41) is 6.44. The third-order valence-corrected chi connectivity index (χ3v) is 3.78. The fourth-order valence-corrected chi connectivity index (χ4v) is 2.93.